The molecule has 0 bridgehead atoms. The van der Waals surface area contributed by atoms with Crippen molar-refractivity contribution in [2.24, 2.45) is 0 Å². The zero-order valence-electron chi connectivity index (χ0n) is 21.3. The van der Waals surface area contributed by atoms with E-state index in [0.29, 0.717) is 51.2 Å². The van der Waals surface area contributed by atoms with Crippen LogP contribution >= 0.6 is 0 Å². The number of ether oxygens (including phenoxy) is 3. The molecule has 1 amide bonds. The number of methoxy groups -OCH3 is 2. The van der Waals surface area contributed by atoms with Crippen molar-refractivity contribution in [2.75, 3.05) is 19.5 Å². The van der Waals surface area contributed by atoms with Crippen molar-refractivity contribution in [3.05, 3.63) is 106 Å². The van der Waals surface area contributed by atoms with Crippen LogP contribution in [0.2, 0.25) is 0 Å². The second kappa shape index (κ2) is 10.6. The van der Waals surface area contributed by atoms with E-state index in [1.807, 2.05) is 0 Å². The van der Waals surface area contributed by atoms with Gasteiger partial charge in [0.1, 0.15) is 22.6 Å². The van der Waals surface area contributed by atoms with E-state index in [9.17, 15) is 14.0 Å². The van der Waals surface area contributed by atoms with E-state index in [2.05, 4.69) is 15.3 Å². The highest BCUT2D eigenvalue weighted by molar-refractivity contribution is 6.04. The van der Waals surface area contributed by atoms with E-state index < -0.39 is 17.3 Å². The van der Waals surface area contributed by atoms with Gasteiger partial charge in [0, 0.05) is 35.4 Å². The number of nitrogens with zero attached hydrogens (tertiary/aromatic N) is 3. The summed E-state index contributed by atoms with van der Waals surface area (Å²) in [5, 5.41) is 2.73. The van der Waals surface area contributed by atoms with E-state index in [1.165, 1.54) is 49.1 Å². The van der Waals surface area contributed by atoms with Gasteiger partial charge in [0.25, 0.3) is 17.3 Å². The lowest BCUT2D eigenvalue weighted by Gasteiger charge is -2.13. The van der Waals surface area contributed by atoms with Crippen LogP contribution in [0.3, 0.4) is 0 Å². The number of anilines is 1. The molecule has 196 valence electrons. The van der Waals surface area contributed by atoms with Crippen LogP contribution in [0.5, 0.6) is 23.1 Å². The van der Waals surface area contributed by atoms with E-state index in [-0.39, 0.29) is 5.56 Å². The van der Waals surface area contributed by atoms with Crippen LogP contribution in [0.15, 0.2) is 83.8 Å². The Labute approximate surface area is 222 Å². The average Bonchev–Trinajstić information content (AvgIpc) is 2.94. The molecular weight excluding hydrogens is 503 g/mol. The number of nitrogens with one attached hydrogen (secondary N) is 1. The quantitative estimate of drug-likeness (QED) is 0.307. The molecule has 0 aliphatic rings. The molecule has 0 fully saturated rings. The summed E-state index contributed by atoms with van der Waals surface area (Å²) in [7, 11) is 3.02. The van der Waals surface area contributed by atoms with Gasteiger partial charge >= 0.3 is 0 Å². The van der Waals surface area contributed by atoms with Crippen molar-refractivity contribution in [1.29, 1.82) is 0 Å². The van der Waals surface area contributed by atoms with E-state index in [1.54, 1.807) is 55.6 Å². The monoisotopic (exact) mass is 526 g/mol. The van der Waals surface area contributed by atoms with Gasteiger partial charge in [0.2, 0.25) is 0 Å². The van der Waals surface area contributed by atoms with Crippen molar-refractivity contribution in [3.63, 3.8) is 0 Å². The van der Waals surface area contributed by atoms with Gasteiger partial charge in [-0.2, -0.15) is 0 Å². The summed E-state index contributed by atoms with van der Waals surface area (Å²) in [6, 6.07) is 18.7. The maximum atomic E-state index is 13.4. The first-order chi connectivity index (χ1) is 18.9. The molecule has 0 aliphatic carbocycles. The first-order valence-electron chi connectivity index (χ1n) is 11.8. The number of rotatable bonds is 7. The third-order valence-corrected chi connectivity index (χ3v) is 5.97. The lowest BCUT2D eigenvalue weighted by Crippen LogP contribution is -2.29. The lowest BCUT2D eigenvalue weighted by atomic mass is 10.2. The molecule has 0 saturated heterocycles. The van der Waals surface area contributed by atoms with Crippen LogP contribution < -0.4 is 25.1 Å². The molecule has 0 aliphatic heterocycles. The number of pyridine rings is 3. The summed E-state index contributed by atoms with van der Waals surface area (Å²) in [4.78, 5) is 34.9. The number of carbonyl (C=O) groups is 1. The van der Waals surface area contributed by atoms with Gasteiger partial charge in [0.05, 0.1) is 19.7 Å². The molecule has 9 nitrogen and oxygen atoms in total. The minimum Gasteiger partial charge on any atom is -0.491 e. The molecule has 2 aromatic carbocycles. The molecular formula is C29H23FN4O5. The zero-order chi connectivity index (χ0) is 27.5. The summed E-state index contributed by atoms with van der Waals surface area (Å²) in [5.74, 6) is 0.710. The van der Waals surface area contributed by atoms with Crippen molar-refractivity contribution >= 4 is 22.6 Å². The molecule has 5 aromatic rings. The Morgan fingerprint density at radius 1 is 0.923 bits per heavy atom. The molecule has 0 radical (unpaired) electrons. The van der Waals surface area contributed by atoms with Crippen molar-refractivity contribution < 1.29 is 23.4 Å². The van der Waals surface area contributed by atoms with E-state index >= 15 is 0 Å². The van der Waals surface area contributed by atoms with Gasteiger partial charge in [-0.05, 0) is 67.6 Å². The second-order valence-corrected chi connectivity index (χ2v) is 8.46. The summed E-state index contributed by atoms with van der Waals surface area (Å²) in [6.07, 6.45) is 1.60. The minimum atomic E-state index is -0.574. The number of hydrogen-bond donors (Lipinski definition) is 1. The molecule has 3 aromatic heterocycles. The van der Waals surface area contributed by atoms with Gasteiger partial charge in [0.15, 0.2) is 11.5 Å². The third kappa shape index (κ3) is 5.12. The fourth-order valence-corrected chi connectivity index (χ4v) is 4.03. The molecule has 39 heavy (non-hydrogen) atoms. The highest BCUT2D eigenvalue weighted by Gasteiger charge is 2.16. The standard InChI is InChI=1S/C29H23FN4O5/c1-17-4-13-22(29(36)34(17)20-9-5-18(30)6-10-20)27(35)32-19-7-11-21(12-8-19)39-24-14-15-31-23-16-25(37-2)28(38-3)33-26(23)24/h4-16H,1-3H3,(H,32,35). The Bertz CT molecular complexity index is 1730. The Kier molecular flexibility index (Phi) is 6.92. The molecule has 5 rings (SSSR count). The maximum absolute atomic E-state index is 13.4. The highest BCUT2D eigenvalue weighted by atomic mass is 19.1. The van der Waals surface area contributed by atoms with Gasteiger partial charge in [-0.15, -0.1) is 0 Å². The number of benzene rings is 2. The van der Waals surface area contributed by atoms with E-state index in [4.69, 9.17) is 14.2 Å². The largest absolute Gasteiger partial charge is 0.491 e. The summed E-state index contributed by atoms with van der Waals surface area (Å²) in [6.45, 7) is 1.74. The number of hydrogen-bond acceptors (Lipinski definition) is 7. The first-order valence-corrected chi connectivity index (χ1v) is 11.8. The van der Waals surface area contributed by atoms with Crippen molar-refractivity contribution in [3.8, 4) is 28.8 Å². The summed E-state index contributed by atoms with van der Waals surface area (Å²) >= 11 is 0. The topological polar surface area (TPSA) is 105 Å². The SMILES string of the molecule is COc1cc2nccc(Oc3ccc(NC(=O)c4ccc(C)n(-c5ccc(F)cc5)c4=O)cc3)c2nc1OC. The number of aromatic nitrogens is 3. The van der Waals surface area contributed by atoms with Crippen LogP contribution in [-0.4, -0.2) is 34.7 Å². The molecule has 0 unspecified atom stereocenters. The lowest BCUT2D eigenvalue weighted by molar-refractivity contribution is 0.102. The second-order valence-electron chi connectivity index (χ2n) is 8.46. The third-order valence-electron chi connectivity index (χ3n) is 5.97. The predicted molar refractivity (Wildman–Crippen MR) is 144 cm³/mol. The molecule has 0 atom stereocenters. The van der Waals surface area contributed by atoms with Crippen LogP contribution in [0.25, 0.3) is 16.7 Å². The number of carbonyl (C=O) groups excluding carboxylic acids is 1. The van der Waals surface area contributed by atoms with Crippen LogP contribution in [0, 0.1) is 12.7 Å². The van der Waals surface area contributed by atoms with Crippen LogP contribution in [0.4, 0.5) is 10.1 Å². The average molecular weight is 527 g/mol. The Balaban J connectivity index is 1.36. The number of fused-ring (bicyclic) bond motifs is 1. The van der Waals surface area contributed by atoms with Crippen molar-refractivity contribution in [1.82, 2.24) is 14.5 Å². The maximum Gasteiger partial charge on any atom is 0.268 e. The molecule has 0 saturated carbocycles. The van der Waals surface area contributed by atoms with Crippen LogP contribution in [-0.2, 0) is 0 Å². The molecule has 3 heterocycles. The predicted octanol–water partition coefficient (Wildman–Crippen LogP) is 5.29. The first kappa shape index (κ1) is 25.4. The Hall–Kier alpha value is -5.25. The van der Waals surface area contributed by atoms with Crippen molar-refractivity contribution in [2.45, 2.75) is 6.92 Å². The Morgan fingerprint density at radius 3 is 2.36 bits per heavy atom. The molecule has 10 heteroatoms. The molecule has 1 N–H and O–H groups in total. The van der Waals surface area contributed by atoms with Crippen LogP contribution in [0.1, 0.15) is 16.1 Å². The molecule has 0 spiro atoms. The normalized spacial score (nSPS) is 10.8. The Morgan fingerprint density at radius 2 is 1.67 bits per heavy atom. The van der Waals surface area contributed by atoms with E-state index in [0.717, 1.165) is 0 Å². The highest BCUT2D eigenvalue weighted by Crippen LogP contribution is 2.34. The summed E-state index contributed by atoms with van der Waals surface area (Å²) in [5.41, 5.74) is 2.03. The van der Waals surface area contributed by atoms with Gasteiger partial charge in [-0.25, -0.2) is 9.37 Å². The zero-order valence-corrected chi connectivity index (χ0v) is 21.3. The smallest absolute Gasteiger partial charge is 0.268 e. The number of amides is 1. The van der Waals surface area contributed by atoms with Gasteiger partial charge < -0.3 is 19.5 Å². The number of halogens is 1. The fourth-order valence-electron chi connectivity index (χ4n) is 4.03. The minimum absolute atomic E-state index is 0.0519. The summed E-state index contributed by atoms with van der Waals surface area (Å²) < 4.78 is 31.3. The fraction of sp³-hybridized carbons (Fsp3) is 0.103. The number of aryl methyl sites for hydroxylation is 1. The van der Waals surface area contributed by atoms with Gasteiger partial charge in [-0.1, -0.05) is 0 Å². The van der Waals surface area contributed by atoms with Gasteiger partial charge in [-0.3, -0.25) is 19.1 Å².